The van der Waals surface area contributed by atoms with E-state index in [2.05, 4.69) is 32.0 Å². The van der Waals surface area contributed by atoms with Gasteiger partial charge in [0, 0.05) is 32.2 Å². The molecule has 8 nitrogen and oxygen atoms in total. The Hall–Kier alpha value is -2.87. The van der Waals surface area contributed by atoms with Crippen LogP contribution in [-0.4, -0.2) is 73.8 Å². The molecule has 8 heteroatoms. The lowest BCUT2D eigenvalue weighted by Crippen LogP contribution is -2.46. The van der Waals surface area contributed by atoms with Crippen molar-refractivity contribution < 1.29 is 14.3 Å². The van der Waals surface area contributed by atoms with E-state index in [0.29, 0.717) is 24.7 Å². The summed E-state index contributed by atoms with van der Waals surface area (Å²) in [5.74, 6) is 2.69. The quantitative estimate of drug-likeness (QED) is 0.678. The number of hydrogen-bond acceptors (Lipinski definition) is 7. The molecule has 1 aliphatic heterocycles. The highest BCUT2D eigenvalue weighted by Gasteiger charge is 2.19. The van der Waals surface area contributed by atoms with Gasteiger partial charge in [0.2, 0.25) is 0 Å². The van der Waals surface area contributed by atoms with E-state index in [4.69, 9.17) is 9.47 Å². The molecule has 0 saturated carbocycles. The molecule has 1 aliphatic rings. The van der Waals surface area contributed by atoms with Crippen LogP contribution in [-0.2, 0) is 0 Å². The van der Waals surface area contributed by atoms with Gasteiger partial charge in [-0.3, -0.25) is 4.79 Å². The molecule has 0 unspecified atom stereocenters. The minimum atomic E-state index is -0.220. The summed E-state index contributed by atoms with van der Waals surface area (Å²) in [5.41, 5.74) is 0.384. The summed E-state index contributed by atoms with van der Waals surface area (Å²) in [6.45, 7) is 9.62. The van der Waals surface area contributed by atoms with Gasteiger partial charge in [-0.2, -0.15) is 0 Å². The van der Waals surface area contributed by atoms with E-state index >= 15 is 0 Å². The smallest absolute Gasteiger partial charge is 0.270 e. The first-order valence-corrected chi connectivity index (χ1v) is 9.97. The van der Waals surface area contributed by atoms with Crippen LogP contribution in [0.2, 0.25) is 0 Å². The van der Waals surface area contributed by atoms with Gasteiger partial charge in [0.15, 0.2) is 0 Å². The molecule has 0 radical (unpaired) electrons. The second-order valence-electron chi connectivity index (χ2n) is 6.86. The Bertz CT molecular complexity index is 804. The molecule has 156 valence electrons. The first kappa shape index (κ1) is 20.9. The van der Waals surface area contributed by atoms with Gasteiger partial charge in [0.25, 0.3) is 5.91 Å². The van der Waals surface area contributed by atoms with Crippen LogP contribution in [0.3, 0.4) is 0 Å². The third-order valence-electron chi connectivity index (χ3n) is 4.92. The highest BCUT2D eigenvalue weighted by Crippen LogP contribution is 2.17. The molecular formula is C21H29N5O3. The monoisotopic (exact) mass is 399 g/mol. The normalized spacial score (nSPS) is 14.5. The van der Waals surface area contributed by atoms with E-state index in [-0.39, 0.29) is 5.91 Å². The van der Waals surface area contributed by atoms with Gasteiger partial charge in [-0.05, 0) is 37.7 Å². The number of ether oxygens (including phenoxy) is 2. The van der Waals surface area contributed by atoms with Gasteiger partial charge >= 0.3 is 0 Å². The second kappa shape index (κ2) is 10.1. The van der Waals surface area contributed by atoms with Crippen molar-refractivity contribution in [1.82, 2.24) is 20.2 Å². The molecule has 2 aromatic rings. The Labute approximate surface area is 171 Å². The zero-order valence-corrected chi connectivity index (χ0v) is 17.4. The van der Waals surface area contributed by atoms with E-state index < -0.39 is 0 Å². The lowest BCUT2D eigenvalue weighted by Gasteiger charge is -2.34. The van der Waals surface area contributed by atoms with E-state index in [1.54, 1.807) is 13.2 Å². The van der Waals surface area contributed by atoms with Crippen molar-refractivity contribution >= 4 is 11.7 Å². The largest absolute Gasteiger partial charge is 0.497 e. The standard InChI is InChI=1S/C21H29N5O3/c1-4-25-10-12-26(13-11-25)20-15-19(23-16(2)24-20)21(27)22-9-14-29-18-7-5-17(28-3)6-8-18/h5-8,15H,4,9-14H2,1-3H3,(H,22,27). The lowest BCUT2D eigenvalue weighted by molar-refractivity contribution is 0.0941. The minimum Gasteiger partial charge on any atom is -0.497 e. The topological polar surface area (TPSA) is 79.8 Å². The molecule has 0 spiro atoms. The van der Waals surface area contributed by atoms with E-state index in [1.807, 2.05) is 31.2 Å². The molecule has 1 aromatic carbocycles. The summed E-state index contributed by atoms with van der Waals surface area (Å²) in [6, 6.07) is 9.10. The Kier molecular flexibility index (Phi) is 7.24. The minimum absolute atomic E-state index is 0.220. The average molecular weight is 399 g/mol. The van der Waals surface area contributed by atoms with Crippen LogP contribution in [0.1, 0.15) is 23.2 Å². The number of piperazine rings is 1. The highest BCUT2D eigenvalue weighted by molar-refractivity contribution is 5.92. The summed E-state index contributed by atoms with van der Waals surface area (Å²) in [7, 11) is 1.62. The Morgan fingerprint density at radius 3 is 2.45 bits per heavy atom. The van der Waals surface area contributed by atoms with Crippen LogP contribution in [0.15, 0.2) is 30.3 Å². The molecule has 0 atom stereocenters. The molecule has 3 rings (SSSR count). The maximum atomic E-state index is 12.5. The number of benzene rings is 1. The van der Waals surface area contributed by atoms with Crippen LogP contribution in [0.4, 0.5) is 5.82 Å². The molecule has 29 heavy (non-hydrogen) atoms. The van der Waals surface area contributed by atoms with Crippen molar-refractivity contribution in [2.24, 2.45) is 0 Å². The van der Waals surface area contributed by atoms with Gasteiger partial charge in [0.1, 0.15) is 35.4 Å². The molecular weight excluding hydrogens is 370 g/mol. The van der Waals surface area contributed by atoms with Crippen LogP contribution < -0.4 is 19.7 Å². The number of amides is 1. The number of hydrogen-bond donors (Lipinski definition) is 1. The number of carbonyl (C=O) groups excluding carboxylic acids is 1. The number of aryl methyl sites for hydroxylation is 1. The van der Waals surface area contributed by atoms with E-state index in [9.17, 15) is 4.79 Å². The van der Waals surface area contributed by atoms with Crippen LogP contribution >= 0.6 is 0 Å². The van der Waals surface area contributed by atoms with Crippen LogP contribution in [0.25, 0.3) is 0 Å². The summed E-state index contributed by atoms with van der Waals surface area (Å²) in [4.78, 5) is 26.0. The average Bonchev–Trinajstić information content (AvgIpc) is 2.76. The van der Waals surface area contributed by atoms with Crippen molar-refractivity contribution in [3.63, 3.8) is 0 Å². The fourth-order valence-electron chi connectivity index (χ4n) is 3.22. The molecule has 1 amide bonds. The van der Waals surface area contributed by atoms with E-state index in [1.165, 1.54) is 0 Å². The number of carbonyl (C=O) groups is 1. The van der Waals surface area contributed by atoms with Crippen molar-refractivity contribution in [1.29, 1.82) is 0 Å². The zero-order valence-electron chi connectivity index (χ0n) is 17.4. The molecule has 1 saturated heterocycles. The lowest BCUT2D eigenvalue weighted by atomic mass is 10.3. The molecule has 1 fully saturated rings. The molecule has 1 aromatic heterocycles. The number of nitrogens with one attached hydrogen (secondary N) is 1. The number of rotatable bonds is 8. The van der Waals surface area contributed by atoms with E-state index in [0.717, 1.165) is 50.0 Å². The van der Waals surface area contributed by atoms with Gasteiger partial charge in [-0.25, -0.2) is 9.97 Å². The summed E-state index contributed by atoms with van der Waals surface area (Å²) < 4.78 is 10.8. The number of likely N-dealkylation sites (N-methyl/N-ethyl adjacent to an activating group) is 1. The Morgan fingerprint density at radius 1 is 1.10 bits per heavy atom. The van der Waals surface area contributed by atoms with Gasteiger partial charge in [0.05, 0.1) is 13.7 Å². The van der Waals surface area contributed by atoms with Gasteiger partial charge in [-0.15, -0.1) is 0 Å². The first-order valence-electron chi connectivity index (χ1n) is 9.97. The fraction of sp³-hybridized carbons (Fsp3) is 0.476. The maximum Gasteiger partial charge on any atom is 0.270 e. The number of nitrogens with zero attached hydrogens (tertiary/aromatic N) is 4. The third kappa shape index (κ3) is 5.80. The fourth-order valence-corrected chi connectivity index (χ4v) is 3.22. The Morgan fingerprint density at radius 2 is 1.79 bits per heavy atom. The number of methoxy groups -OCH3 is 1. The van der Waals surface area contributed by atoms with Gasteiger partial charge < -0.3 is 24.6 Å². The molecule has 2 heterocycles. The number of anilines is 1. The maximum absolute atomic E-state index is 12.5. The summed E-state index contributed by atoms with van der Waals surface area (Å²) in [6.07, 6.45) is 0. The van der Waals surface area contributed by atoms with Crippen LogP contribution in [0, 0.1) is 6.92 Å². The van der Waals surface area contributed by atoms with Crippen molar-refractivity contribution in [2.75, 3.05) is 57.9 Å². The first-order chi connectivity index (χ1) is 14.1. The predicted molar refractivity (Wildman–Crippen MR) is 112 cm³/mol. The zero-order chi connectivity index (χ0) is 20.6. The van der Waals surface area contributed by atoms with Crippen LogP contribution in [0.5, 0.6) is 11.5 Å². The Balaban J connectivity index is 1.51. The predicted octanol–water partition coefficient (Wildman–Crippen LogP) is 1.74. The molecule has 0 aliphatic carbocycles. The summed E-state index contributed by atoms with van der Waals surface area (Å²) in [5, 5.41) is 2.86. The SMILES string of the molecule is CCN1CCN(c2cc(C(=O)NCCOc3ccc(OC)cc3)nc(C)n2)CC1. The highest BCUT2D eigenvalue weighted by atomic mass is 16.5. The molecule has 0 bridgehead atoms. The van der Waals surface area contributed by atoms with Crippen molar-refractivity contribution in [3.8, 4) is 11.5 Å². The third-order valence-corrected chi connectivity index (χ3v) is 4.92. The second-order valence-corrected chi connectivity index (χ2v) is 6.86. The summed E-state index contributed by atoms with van der Waals surface area (Å²) >= 11 is 0. The molecule has 1 N–H and O–H groups in total. The van der Waals surface area contributed by atoms with Crippen molar-refractivity contribution in [3.05, 3.63) is 41.9 Å². The number of aromatic nitrogens is 2. The van der Waals surface area contributed by atoms with Gasteiger partial charge in [-0.1, -0.05) is 6.92 Å². The van der Waals surface area contributed by atoms with Crippen molar-refractivity contribution in [2.45, 2.75) is 13.8 Å².